The van der Waals surface area contributed by atoms with Crippen LogP contribution in [-0.2, 0) is 9.84 Å². The zero-order valence-corrected chi connectivity index (χ0v) is 80.5. The molecule has 12 aromatic rings. The Morgan fingerprint density at radius 3 is 1.04 bits per heavy atom. The highest BCUT2D eigenvalue weighted by Crippen LogP contribution is 2.44. The first-order valence-electron chi connectivity index (χ1n) is 45.7. The highest BCUT2D eigenvalue weighted by Gasteiger charge is 2.37. The van der Waals surface area contributed by atoms with Crippen molar-refractivity contribution in [2.75, 3.05) is 55.6 Å². The van der Waals surface area contributed by atoms with Crippen molar-refractivity contribution in [1.82, 2.24) is 61.1 Å². The number of aliphatic hydroxyl groups is 6. The molecule has 4 amide bonds. The topological polar surface area (TPSA) is 479 Å². The van der Waals surface area contributed by atoms with Crippen molar-refractivity contribution in [2.24, 2.45) is 5.92 Å². The Bertz CT molecular complexity index is 6620. The van der Waals surface area contributed by atoms with Crippen molar-refractivity contribution >= 4 is 95.9 Å². The smallest absolute Gasteiger partial charge is 0.254 e. The largest absolute Gasteiger partial charge is 0.396 e. The zero-order valence-electron chi connectivity index (χ0n) is 76.6. The molecule has 4 aliphatic carbocycles. The molecule has 4 atom stereocenters. The van der Waals surface area contributed by atoms with Gasteiger partial charge in [0.15, 0.2) is 9.84 Å². The standard InChI is InChI=1S/C26H28ClFN4O3.C26H28F2N4O4S.C25H26BrFN4O3.C25H24ClF3N4O2/c27-19-3-1-2-17(10-19)23(14-34)32-26(35)20-9-8-18(11-21(20)28)24-25(29)30-12-22(31-24)16-6-4-15(13-33)5-7-16;1-14(17-9-18(27)12-20(10-17)37(2,35)36)31-26(34)21-8-5-16(11-22(21)28)24-25(29)30-13-23(32-24)15-3-6-19(33)7-4-15;26-17-3-1-2-15(10-17)22(13-32)31-25(34)19-9-6-16(11-20(19)27)23-24(28)29-12-21(30-23)14-4-7-18(33)8-5-14;26-17-3-1-2-15(10-17)21(13-34)33-24(35)18-5-4-16(11-19(18)27)22-23(30)31-12-20(32-22)14-6-8-25(28,29)9-7-14/h1-3,8-12,15-16,23,33-34H,4-7,13-14H2,(H2,29,30)(H,32,35);5,8-15,19,33H,3-4,6-7H2,1-2H3,(H2,29,30)(H,31,34);1-3,6,9-12,14,18,22,32-33H,4-5,7-8,13H2,(H2,28,29)(H,31,34);1-5,10-12,14,21,34H,6-9,13H2,(H2,30,31)(H,33,35)/t15?,16?,23-;14-,15?,19?;14?,18?,22-;21-/m1111/s1. The molecule has 0 bridgehead atoms. The van der Waals surface area contributed by atoms with Crippen LogP contribution in [0.4, 0.5) is 54.0 Å². The summed E-state index contributed by atoms with van der Waals surface area (Å²) in [6, 6.07) is 37.0. The zero-order chi connectivity index (χ0) is 101. The van der Waals surface area contributed by atoms with Gasteiger partial charge in [-0.2, -0.15) is 0 Å². The number of benzene rings is 8. The number of aliphatic hydroxyl groups excluding tert-OH is 6. The Labute approximate surface area is 827 Å². The van der Waals surface area contributed by atoms with E-state index in [-0.39, 0.29) is 143 Å². The maximum absolute atomic E-state index is 15.0. The van der Waals surface area contributed by atoms with Crippen molar-refractivity contribution in [2.45, 2.75) is 181 Å². The van der Waals surface area contributed by atoms with Crippen LogP contribution in [0, 0.1) is 35.0 Å². The number of rotatable bonds is 25. The first-order chi connectivity index (χ1) is 67.3. The van der Waals surface area contributed by atoms with Gasteiger partial charge in [0.05, 0.1) is 131 Å². The number of nitrogens with one attached hydrogen (secondary N) is 4. The lowest BCUT2D eigenvalue weighted by molar-refractivity contribution is -0.0385. The summed E-state index contributed by atoms with van der Waals surface area (Å²) in [5.41, 5.74) is 30.9. The third-order valence-corrected chi connectivity index (χ3v) is 27.6. The molecule has 0 spiro atoms. The van der Waals surface area contributed by atoms with Crippen LogP contribution in [0.3, 0.4) is 0 Å². The number of hydrogen-bond donors (Lipinski definition) is 14. The van der Waals surface area contributed by atoms with Crippen molar-refractivity contribution in [1.29, 1.82) is 0 Å². The second-order valence-electron chi connectivity index (χ2n) is 35.4. The summed E-state index contributed by atoms with van der Waals surface area (Å²) in [5, 5.41) is 69.4. The fourth-order valence-corrected chi connectivity index (χ4v) is 18.9. The maximum atomic E-state index is 15.0. The molecule has 28 nitrogen and oxygen atoms in total. The number of carbonyl (C=O) groups excluding carboxylic acids is 4. The molecule has 0 aliphatic heterocycles. The molecule has 4 aromatic heterocycles. The number of sulfone groups is 1. The lowest BCUT2D eigenvalue weighted by Crippen LogP contribution is -2.31. The van der Waals surface area contributed by atoms with Crippen LogP contribution in [0.5, 0.6) is 0 Å². The molecule has 0 saturated heterocycles. The molecule has 4 fully saturated rings. The van der Waals surface area contributed by atoms with E-state index in [2.05, 4.69) is 77.1 Å². The summed E-state index contributed by atoms with van der Waals surface area (Å²) in [7, 11) is -3.66. The van der Waals surface area contributed by atoms with Gasteiger partial charge in [0.2, 0.25) is 5.92 Å². The molecule has 742 valence electrons. The lowest BCUT2D eigenvalue weighted by Gasteiger charge is -2.27. The number of carbonyl (C=O) groups is 4. The summed E-state index contributed by atoms with van der Waals surface area (Å²) in [6.07, 6.45) is 16.4. The average Bonchev–Trinajstić information content (AvgIpc) is 0.808. The molecule has 39 heteroatoms. The molecule has 4 aliphatic rings. The summed E-state index contributed by atoms with van der Waals surface area (Å²) < 4.78 is 125. The number of alkyl halides is 2. The maximum Gasteiger partial charge on any atom is 0.254 e. The van der Waals surface area contributed by atoms with Crippen LogP contribution in [0.1, 0.15) is 244 Å². The van der Waals surface area contributed by atoms with Gasteiger partial charge in [0.25, 0.3) is 23.6 Å². The number of aromatic nitrogens is 8. The molecule has 4 saturated carbocycles. The van der Waals surface area contributed by atoms with Crippen LogP contribution in [0.15, 0.2) is 198 Å². The van der Waals surface area contributed by atoms with E-state index in [1.165, 1.54) is 67.7 Å². The minimum Gasteiger partial charge on any atom is -0.396 e. The summed E-state index contributed by atoms with van der Waals surface area (Å²) >= 11 is 15.3. The molecule has 0 radical (unpaired) electrons. The van der Waals surface area contributed by atoms with Gasteiger partial charge in [-0.1, -0.05) is 99.8 Å². The Balaban J connectivity index is 0.000000158. The van der Waals surface area contributed by atoms with Gasteiger partial charge in [0.1, 0.15) is 75.1 Å². The predicted octanol–water partition coefficient (Wildman–Crippen LogP) is 17.5. The Morgan fingerprint density at radius 1 is 0.418 bits per heavy atom. The Hall–Kier alpha value is -12.6. The van der Waals surface area contributed by atoms with Gasteiger partial charge in [-0.3, -0.25) is 19.2 Å². The van der Waals surface area contributed by atoms with Gasteiger partial charge in [-0.25, -0.2) is 79.0 Å². The Morgan fingerprint density at radius 2 is 0.730 bits per heavy atom. The van der Waals surface area contributed by atoms with Crippen molar-refractivity contribution in [3.8, 4) is 45.0 Å². The number of anilines is 4. The number of nitrogen functional groups attached to an aromatic ring is 4. The fourth-order valence-electron chi connectivity index (χ4n) is 17.4. The molecule has 0 unspecified atom stereocenters. The minimum absolute atomic E-state index is 0.0628. The molecule has 4 heterocycles. The fraction of sp³-hybridized carbons (Fsp3) is 0.333. The molecule has 18 N–H and O–H groups in total. The van der Waals surface area contributed by atoms with E-state index in [1.807, 2.05) is 6.07 Å². The third kappa shape index (κ3) is 27.6. The number of nitrogens with zero attached hydrogens (tertiary/aromatic N) is 8. The van der Waals surface area contributed by atoms with Crippen LogP contribution in [0.25, 0.3) is 45.0 Å². The van der Waals surface area contributed by atoms with E-state index in [0.29, 0.717) is 103 Å². The summed E-state index contributed by atoms with van der Waals surface area (Å²) in [4.78, 5) is 86.1. The van der Waals surface area contributed by atoms with Crippen molar-refractivity contribution < 1.29 is 89.0 Å². The van der Waals surface area contributed by atoms with E-state index in [9.17, 15) is 80.2 Å². The van der Waals surface area contributed by atoms with Crippen molar-refractivity contribution in [3.05, 3.63) is 299 Å². The molecule has 8 aromatic carbocycles. The van der Waals surface area contributed by atoms with Crippen LogP contribution in [0.2, 0.25) is 10.0 Å². The quantitative estimate of drug-likeness (QED) is 0.0236. The summed E-state index contributed by atoms with van der Waals surface area (Å²) in [5.74, 6) is -8.13. The normalized spacial score (nSPS) is 18.3. The van der Waals surface area contributed by atoms with E-state index in [4.69, 9.17) is 46.1 Å². The minimum atomic E-state index is -3.66. The number of nitrogens with two attached hydrogens (primary N) is 4. The first-order valence-corrected chi connectivity index (χ1v) is 49.1. The predicted molar refractivity (Wildman–Crippen MR) is 524 cm³/mol. The molecule has 16 rings (SSSR count). The van der Waals surface area contributed by atoms with Gasteiger partial charge in [-0.05, 0) is 228 Å². The van der Waals surface area contributed by atoms with E-state index >= 15 is 8.78 Å². The van der Waals surface area contributed by atoms with Crippen molar-refractivity contribution in [3.63, 3.8) is 0 Å². The number of hydrogen-bond acceptors (Lipinski definition) is 24. The van der Waals surface area contributed by atoms with Crippen LogP contribution >= 0.6 is 39.1 Å². The highest BCUT2D eigenvalue weighted by atomic mass is 79.9. The van der Waals surface area contributed by atoms with E-state index < -0.39 is 99.2 Å². The average molecular weight is 2060 g/mol. The van der Waals surface area contributed by atoms with Crippen LogP contribution in [-0.4, -0.2) is 153 Å². The number of amides is 4. The second-order valence-corrected chi connectivity index (χ2v) is 39.2. The van der Waals surface area contributed by atoms with E-state index in [1.54, 1.807) is 97.5 Å². The van der Waals surface area contributed by atoms with Gasteiger partial charge < -0.3 is 74.8 Å². The first kappa shape index (κ1) is 106. The van der Waals surface area contributed by atoms with E-state index in [0.717, 1.165) is 103 Å². The molecular weight excluding hydrogens is 1960 g/mol. The highest BCUT2D eigenvalue weighted by molar-refractivity contribution is 9.10. The van der Waals surface area contributed by atoms with Gasteiger partial charge in [0, 0.05) is 86.1 Å². The van der Waals surface area contributed by atoms with Gasteiger partial charge in [-0.15, -0.1) is 0 Å². The third-order valence-electron chi connectivity index (χ3n) is 25.5. The second kappa shape index (κ2) is 47.8. The van der Waals surface area contributed by atoms with Gasteiger partial charge >= 0.3 is 0 Å². The SMILES string of the molecule is C[C@@H](NC(=O)c1ccc(-c2nc(C3CCC(O)CC3)cnc2N)cc1F)c1cc(F)cc(S(C)(=O)=O)c1.Nc1ncc(C2CCC(CO)CC2)nc1-c1ccc(C(=O)N[C@H](CO)c2cccc(Cl)c2)c(F)c1.Nc1ncc(C2CCC(F)(F)CC2)nc1-c1ccc(C(=O)N[C@H](CO)c2cccc(Cl)c2)c(F)c1.Nc1ncc(C2CCC(O)CC2)nc1-c1ccc(C(=O)N[C@H](CO)c2cccc(Br)c2)c(F)c1. The monoisotopic (exact) mass is 2060 g/mol. The molecular formula is C102H106BrCl2F7N16O12S. The summed E-state index contributed by atoms with van der Waals surface area (Å²) in [6.45, 7) is 0.626. The lowest BCUT2D eigenvalue weighted by atomic mass is 9.81. The van der Waals surface area contributed by atoms with Crippen LogP contribution < -0.4 is 44.2 Å². The molecule has 141 heavy (non-hydrogen) atoms. The number of halogens is 10. The Kier molecular flexibility index (Phi) is 35.9.